The first kappa shape index (κ1) is 14.0. The Morgan fingerprint density at radius 2 is 1.72 bits per heavy atom. The Morgan fingerprint density at radius 3 is 2.06 bits per heavy atom. The summed E-state index contributed by atoms with van der Waals surface area (Å²) in [6.45, 7) is 1.74. The van der Waals surface area contributed by atoms with Gasteiger partial charge in [0.15, 0.2) is 0 Å². The SMILES string of the molecule is CCN(C(=O)O)c1ccc(C(=O)C(F)(F)F)cc1. The summed E-state index contributed by atoms with van der Waals surface area (Å²) in [4.78, 5) is 22.6. The number of carbonyl (C=O) groups excluding carboxylic acids is 1. The van der Waals surface area contributed by atoms with Crippen LogP contribution in [0.25, 0.3) is 0 Å². The Balaban J connectivity index is 3.00. The van der Waals surface area contributed by atoms with Crippen LogP contribution in [0.15, 0.2) is 24.3 Å². The molecule has 0 spiro atoms. The highest BCUT2D eigenvalue weighted by atomic mass is 19.4. The number of carbonyl (C=O) groups is 2. The Morgan fingerprint density at radius 1 is 1.22 bits per heavy atom. The smallest absolute Gasteiger partial charge is 0.454 e. The number of hydrogen-bond acceptors (Lipinski definition) is 2. The zero-order valence-electron chi connectivity index (χ0n) is 9.36. The highest BCUT2D eigenvalue weighted by molar-refractivity contribution is 6.00. The van der Waals surface area contributed by atoms with E-state index in [0.29, 0.717) is 0 Å². The van der Waals surface area contributed by atoms with Crippen molar-refractivity contribution in [2.75, 3.05) is 11.4 Å². The lowest BCUT2D eigenvalue weighted by molar-refractivity contribution is -0.0885. The Labute approximate surface area is 101 Å². The number of carboxylic acid groups (broad SMARTS) is 1. The molecule has 0 aliphatic carbocycles. The van der Waals surface area contributed by atoms with Crippen LogP contribution in [0.1, 0.15) is 17.3 Å². The minimum Gasteiger partial charge on any atom is -0.465 e. The molecule has 1 N–H and O–H groups in total. The van der Waals surface area contributed by atoms with E-state index < -0.39 is 23.6 Å². The highest BCUT2D eigenvalue weighted by Crippen LogP contribution is 2.23. The number of Topliss-reactive ketones (excluding diaryl/α,β-unsaturated/α-hetero) is 1. The average molecular weight is 261 g/mol. The Hall–Kier alpha value is -2.05. The molecule has 0 heterocycles. The van der Waals surface area contributed by atoms with Crippen LogP contribution in [0.3, 0.4) is 0 Å². The maximum Gasteiger partial charge on any atom is 0.454 e. The van der Waals surface area contributed by atoms with E-state index in [1.54, 1.807) is 6.92 Å². The molecule has 1 aromatic rings. The summed E-state index contributed by atoms with van der Waals surface area (Å²) in [7, 11) is 0. The second-order valence-electron chi connectivity index (χ2n) is 3.40. The number of nitrogens with zero attached hydrogens (tertiary/aromatic N) is 1. The zero-order valence-corrected chi connectivity index (χ0v) is 9.36. The van der Waals surface area contributed by atoms with Gasteiger partial charge in [0, 0.05) is 17.8 Å². The largest absolute Gasteiger partial charge is 0.465 e. The number of benzene rings is 1. The summed E-state index contributed by atoms with van der Waals surface area (Å²) in [6.07, 6.45) is -6.15. The van der Waals surface area contributed by atoms with Crippen LogP contribution in [0, 0.1) is 0 Å². The minimum absolute atomic E-state index is 0.155. The molecule has 0 fully saturated rings. The number of rotatable bonds is 3. The van der Waals surface area contributed by atoms with Crippen LogP contribution in [0.5, 0.6) is 0 Å². The van der Waals surface area contributed by atoms with Crippen LogP contribution in [0.2, 0.25) is 0 Å². The fourth-order valence-corrected chi connectivity index (χ4v) is 1.38. The molecule has 98 valence electrons. The zero-order chi connectivity index (χ0) is 13.9. The molecule has 18 heavy (non-hydrogen) atoms. The maximum absolute atomic E-state index is 12.1. The van der Waals surface area contributed by atoms with Crippen LogP contribution < -0.4 is 4.90 Å². The molecule has 0 unspecified atom stereocenters. The first-order valence-electron chi connectivity index (χ1n) is 4.99. The van der Waals surface area contributed by atoms with Crippen molar-refractivity contribution >= 4 is 17.6 Å². The monoisotopic (exact) mass is 261 g/mol. The van der Waals surface area contributed by atoms with E-state index in [0.717, 1.165) is 29.2 Å². The third-order valence-corrected chi connectivity index (χ3v) is 2.25. The Kier molecular flexibility index (Phi) is 3.95. The van der Waals surface area contributed by atoms with Gasteiger partial charge in [-0.25, -0.2) is 4.79 Å². The third kappa shape index (κ3) is 2.99. The molecular formula is C11H10F3NO3. The minimum atomic E-state index is -4.93. The van der Waals surface area contributed by atoms with Crippen molar-refractivity contribution in [1.29, 1.82) is 0 Å². The number of hydrogen-bond donors (Lipinski definition) is 1. The second kappa shape index (κ2) is 5.07. The number of halogens is 3. The topological polar surface area (TPSA) is 57.6 Å². The predicted octanol–water partition coefficient (Wildman–Crippen LogP) is 2.94. The van der Waals surface area contributed by atoms with Gasteiger partial charge < -0.3 is 5.11 Å². The number of anilines is 1. The van der Waals surface area contributed by atoms with Crippen LogP contribution in [-0.4, -0.2) is 29.7 Å². The standard InChI is InChI=1S/C11H10F3NO3/c1-2-15(10(17)18)8-5-3-7(4-6-8)9(16)11(12,13)14/h3-6H,2H2,1H3,(H,17,18). The van der Waals surface area contributed by atoms with Gasteiger partial charge in [-0.2, -0.15) is 13.2 Å². The van der Waals surface area contributed by atoms with E-state index in [1.807, 2.05) is 0 Å². The molecule has 1 amide bonds. The predicted molar refractivity (Wildman–Crippen MR) is 57.9 cm³/mol. The molecule has 0 aliphatic heterocycles. The van der Waals surface area contributed by atoms with Crippen LogP contribution >= 0.6 is 0 Å². The van der Waals surface area contributed by atoms with Crippen molar-refractivity contribution in [3.63, 3.8) is 0 Å². The summed E-state index contributed by atoms with van der Waals surface area (Å²) in [5, 5.41) is 8.81. The van der Waals surface area contributed by atoms with Gasteiger partial charge in [0.2, 0.25) is 0 Å². The number of ketones is 1. The van der Waals surface area contributed by atoms with Crippen molar-refractivity contribution in [3.05, 3.63) is 29.8 Å². The molecule has 1 rings (SSSR count). The van der Waals surface area contributed by atoms with Gasteiger partial charge in [0.25, 0.3) is 5.78 Å². The van der Waals surface area contributed by atoms with Gasteiger partial charge in [-0.1, -0.05) is 0 Å². The fraction of sp³-hybridized carbons (Fsp3) is 0.273. The summed E-state index contributed by atoms with van der Waals surface area (Å²) in [6, 6.07) is 4.24. The van der Waals surface area contributed by atoms with Crippen molar-refractivity contribution in [1.82, 2.24) is 0 Å². The molecule has 0 saturated heterocycles. The summed E-state index contributed by atoms with van der Waals surface area (Å²) in [5.74, 6) is -1.95. The van der Waals surface area contributed by atoms with Gasteiger partial charge in [-0.15, -0.1) is 0 Å². The van der Waals surface area contributed by atoms with Crippen LogP contribution in [0.4, 0.5) is 23.7 Å². The van der Waals surface area contributed by atoms with E-state index in [1.165, 1.54) is 0 Å². The molecule has 1 aromatic carbocycles. The first-order valence-corrected chi connectivity index (χ1v) is 4.99. The van der Waals surface area contributed by atoms with Gasteiger partial charge in [-0.05, 0) is 31.2 Å². The molecular weight excluding hydrogens is 251 g/mol. The average Bonchev–Trinajstić information content (AvgIpc) is 2.28. The third-order valence-electron chi connectivity index (χ3n) is 2.25. The molecule has 0 bridgehead atoms. The fourth-order valence-electron chi connectivity index (χ4n) is 1.38. The van der Waals surface area contributed by atoms with Crippen molar-refractivity contribution in [3.8, 4) is 0 Å². The molecule has 0 aromatic heterocycles. The summed E-state index contributed by atoms with van der Waals surface area (Å²) < 4.78 is 36.4. The first-order chi connectivity index (χ1) is 8.27. The lowest BCUT2D eigenvalue weighted by Crippen LogP contribution is -2.28. The molecule has 0 radical (unpaired) electrons. The highest BCUT2D eigenvalue weighted by Gasteiger charge is 2.39. The van der Waals surface area contributed by atoms with E-state index >= 15 is 0 Å². The van der Waals surface area contributed by atoms with E-state index in [9.17, 15) is 22.8 Å². The molecule has 0 aliphatic rings. The van der Waals surface area contributed by atoms with Gasteiger partial charge in [0.05, 0.1) is 0 Å². The van der Waals surface area contributed by atoms with E-state index in [2.05, 4.69) is 0 Å². The van der Waals surface area contributed by atoms with E-state index in [-0.39, 0.29) is 12.2 Å². The Bertz CT molecular complexity index is 454. The normalized spacial score (nSPS) is 11.1. The van der Waals surface area contributed by atoms with Gasteiger partial charge in [-0.3, -0.25) is 9.69 Å². The number of alkyl halides is 3. The van der Waals surface area contributed by atoms with E-state index in [4.69, 9.17) is 5.11 Å². The van der Waals surface area contributed by atoms with Gasteiger partial charge in [0.1, 0.15) is 0 Å². The van der Waals surface area contributed by atoms with Gasteiger partial charge >= 0.3 is 12.3 Å². The lowest BCUT2D eigenvalue weighted by Gasteiger charge is -2.17. The molecule has 7 heteroatoms. The van der Waals surface area contributed by atoms with Crippen molar-refractivity contribution in [2.45, 2.75) is 13.1 Å². The van der Waals surface area contributed by atoms with Crippen molar-refractivity contribution in [2.24, 2.45) is 0 Å². The molecule has 0 atom stereocenters. The quantitative estimate of drug-likeness (QED) is 0.851. The lowest BCUT2D eigenvalue weighted by atomic mass is 10.1. The van der Waals surface area contributed by atoms with Crippen molar-refractivity contribution < 1.29 is 27.9 Å². The summed E-state index contributed by atoms with van der Waals surface area (Å²) in [5.41, 5.74) is -0.309. The molecule has 4 nitrogen and oxygen atoms in total. The summed E-state index contributed by atoms with van der Waals surface area (Å²) >= 11 is 0. The number of amides is 1. The second-order valence-corrected chi connectivity index (χ2v) is 3.40. The molecule has 0 saturated carbocycles. The maximum atomic E-state index is 12.1. The van der Waals surface area contributed by atoms with Crippen LogP contribution in [-0.2, 0) is 0 Å².